The number of hydrogen-bond acceptors (Lipinski definition) is 6. The molecule has 0 rings (SSSR count). The lowest BCUT2D eigenvalue weighted by Crippen LogP contribution is -2.11. The lowest BCUT2D eigenvalue weighted by Gasteiger charge is -1.89. The fourth-order valence-corrected chi connectivity index (χ4v) is 0.285. The molecule has 106 valence electrons. The van der Waals surface area contributed by atoms with Crippen molar-refractivity contribution in [2.24, 2.45) is 11.5 Å². The lowest BCUT2D eigenvalue weighted by atomic mass is 10.8. The van der Waals surface area contributed by atoms with Crippen molar-refractivity contribution in [3.05, 3.63) is 0 Å². The van der Waals surface area contributed by atoms with Crippen molar-refractivity contribution < 1.29 is 34.8 Å². The first-order valence-electron chi connectivity index (χ1n) is 4.52. The number of carbonyl (C=O) groups excluding carboxylic acids is 2. The van der Waals surface area contributed by atoms with E-state index < -0.39 is 12.2 Å². The Morgan fingerprint density at radius 1 is 0.941 bits per heavy atom. The summed E-state index contributed by atoms with van der Waals surface area (Å²) in [5.41, 5.74) is 9.08. The number of ether oxygens (including phenoxy) is 2. The summed E-state index contributed by atoms with van der Waals surface area (Å²) in [6, 6.07) is 0. The molecule has 0 bridgehead atoms. The number of amides is 2. The second-order valence-electron chi connectivity index (χ2n) is 1.95. The van der Waals surface area contributed by atoms with Crippen LogP contribution in [0.1, 0.15) is 13.8 Å². The summed E-state index contributed by atoms with van der Waals surface area (Å²) in [5.74, 6) is 0. The molecule has 8 N–H and O–H groups in total. The monoisotopic (exact) mass is 258 g/mol. The molecule has 0 spiro atoms. The van der Waals surface area contributed by atoms with Gasteiger partial charge in [0.1, 0.15) is 0 Å². The van der Waals surface area contributed by atoms with Gasteiger partial charge in [-0.3, -0.25) is 0 Å². The SMILES string of the molecule is CCOC(N)=O.CCOC(N)=O.O.OCCO. The van der Waals surface area contributed by atoms with Gasteiger partial charge < -0.3 is 36.6 Å². The van der Waals surface area contributed by atoms with Gasteiger partial charge >= 0.3 is 12.2 Å². The van der Waals surface area contributed by atoms with Crippen molar-refractivity contribution in [2.45, 2.75) is 13.8 Å². The molecule has 9 heteroatoms. The van der Waals surface area contributed by atoms with Gasteiger partial charge in [0.2, 0.25) is 0 Å². The van der Waals surface area contributed by atoms with Crippen LogP contribution in [-0.2, 0) is 9.47 Å². The molecule has 0 radical (unpaired) electrons. The molecule has 2 amide bonds. The Hall–Kier alpha value is -1.58. The third-order valence-corrected chi connectivity index (χ3v) is 0.673. The van der Waals surface area contributed by atoms with Crippen LogP contribution in [0.25, 0.3) is 0 Å². The first-order valence-corrected chi connectivity index (χ1v) is 4.52. The van der Waals surface area contributed by atoms with Crippen molar-refractivity contribution in [3.63, 3.8) is 0 Å². The number of rotatable bonds is 3. The van der Waals surface area contributed by atoms with Gasteiger partial charge in [0.05, 0.1) is 26.4 Å². The third kappa shape index (κ3) is 75.7. The van der Waals surface area contributed by atoms with Crippen molar-refractivity contribution in [1.29, 1.82) is 0 Å². The normalized spacial score (nSPS) is 7.06. The molecule has 9 nitrogen and oxygen atoms in total. The standard InChI is InChI=1S/2C3H7NO2.C2H6O2.H2O/c2*1-2-6-3(4)5;3-1-2-4;/h2*2H2,1H3,(H2,4,5);3-4H,1-2H2;1H2. The van der Waals surface area contributed by atoms with Crippen LogP contribution >= 0.6 is 0 Å². The van der Waals surface area contributed by atoms with Crippen LogP contribution in [-0.4, -0.2) is 54.3 Å². The van der Waals surface area contributed by atoms with E-state index in [4.69, 9.17) is 10.2 Å². The lowest BCUT2D eigenvalue weighted by molar-refractivity contribution is 0.162. The highest BCUT2D eigenvalue weighted by Crippen LogP contribution is 1.66. The van der Waals surface area contributed by atoms with Crippen molar-refractivity contribution >= 4 is 12.2 Å². The number of nitrogens with two attached hydrogens (primary N) is 2. The Balaban J connectivity index is -0.0000000741. The van der Waals surface area contributed by atoms with Crippen LogP contribution in [0.4, 0.5) is 9.59 Å². The molecular weight excluding hydrogens is 236 g/mol. The number of carbonyl (C=O) groups is 2. The van der Waals surface area contributed by atoms with E-state index in [1.807, 2.05) is 0 Å². The number of aliphatic hydroxyl groups is 2. The molecule has 0 aliphatic rings. The fraction of sp³-hybridized carbons (Fsp3) is 0.750. The predicted molar refractivity (Wildman–Crippen MR) is 60.2 cm³/mol. The first-order chi connectivity index (χ1) is 7.45. The number of aliphatic hydroxyl groups excluding tert-OH is 2. The van der Waals surface area contributed by atoms with E-state index in [0.717, 1.165) is 0 Å². The fourth-order valence-electron chi connectivity index (χ4n) is 0.285. The molecule has 17 heavy (non-hydrogen) atoms. The predicted octanol–water partition coefficient (Wildman–Crippen LogP) is -1.65. The summed E-state index contributed by atoms with van der Waals surface area (Å²) in [6.45, 7) is 3.86. The highest BCUT2D eigenvalue weighted by atomic mass is 16.5. The topological polar surface area (TPSA) is 177 Å². The van der Waals surface area contributed by atoms with Crippen LogP contribution in [0.5, 0.6) is 0 Å². The van der Waals surface area contributed by atoms with Gasteiger partial charge in [-0.25, -0.2) is 9.59 Å². The summed E-state index contributed by atoms with van der Waals surface area (Å²) in [6.07, 6.45) is -1.42. The second-order valence-corrected chi connectivity index (χ2v) is 1.95. The summed E-state index contributed by atoms with van der Waals surface area (Å²) < 4.78 is 8.36. The van der Waals surface area contributed by atoms with Crippen LogP contribution < -0.4 is 11.5 Å². The van der Waals surface area contributed by atoms with E-state index in [9.17, 15) is 9.59 Å². The maximum Gasteiger partial charge on any atom is 0.404 e. The van der Waals surface area contributed by atoms with Gasteiger partial charge in [0.25, 0.3) is 0 Å². The molecule has 0 unspecified atom stereocenters. The second kappa shape index (κ2) is 23.9. The molecule has 0 aromatic heterocycles. The average Bonchev–Trinajstić information content (AvgIpc) is 2.18. The first kappa shape index (κ1) is 24.6. The summed E-state index contributed by atoms with van der Waals surface area (Å²) >= 11 is 0. The molecule has 0 aromatic carbocycles. The maximum absolute atomic E-state index is 9.60. The van der Waals surface area contributed by atoms with E-state index >= 15 is 0 Å². The van der Waals surface area contributed by atoms with Gasteiger partial charge in [-0.15, -0.1) is 0 Å². The Morgan fingerprint density at radius 2 is 1.18 bits per heavy atom. The van der Waals surface area contributed by atoms with Crippen molar-refractivity contribution in [1.82, 2.24) is 0 Å². The minimum absolute atomic E-state index is 0. The zero-order valence-corrected chi connectivity index (χ0v) is 10.0. The molecule has 0 saturated carbocycles. The Bertz CT molecular complexity index is 148. The maximum atomic E-state index is 9.60. The number of primary amides is 2. The van der Waals surface area contributed by atoms with Gasteiger partial charge in [-0.1, -0.05) is 0 Å². The highest BCUT2D eigenvalue weighted by molar-refractivity contribution is 5.64. The molecule has 0 fully saturated rings. The Morgan fingerprint density at radius 3 is 1.18 bits per heavy atom. The minimum Gasteiger partial charge on any atom is -0.450 e. The largest absolute Gasteiger partial charge is 0.450 e. The third-order valence-electron chi connectivity index (χ3n) is 0.673. The minimum atomic E-state index is -0.711. The average molecular weight is 258 g/mol. The zero-order chi connectivity index (χ0) is 13.4. The highest BCUT2D eigenvalue weighted by Gasteiger charge is 1.82. The molecule has 0 heterocycles. The van der Waals surface area contributed by atoms with Gasteiger partial charge in [0, 0.05) is 0 Å². The van der Waals surface area contributed by atoms with Crippen LogP contribution in [0.3, 0.4) is 0 Å². The van der Waals surface area contributed by atoms with Crippen LogP contribution in [0.15, 0.2) is 0 Å². The quantitative estimate of drug-likeness (QED) is 0.471. The van der Waals surface area contributed by atoms with Gasteiger partial charge in [0.15, 0.2) is 0 Å². The zero-order valence-electron chi connectivity index (χ0n) is 10.0. The van der Waals surface area contributed by atoms with E-state index in [2.05, 4.69) is 20.9 Å². The Kier molecular flexibility index (Phi) is 34.6. The molecule has 0 aliphatic heterocycles. The summed E-state index contributed by atoms with van der Waals surface area (Å²) in [4.78, 5) is 19.2. The molecule has 0 aliphatic carbocycles. The van der Waals surface area contributed by atoms with Gasteiger partial charge in [-0.05, 0) is 13.8 Å². The van der Waals surface area contributed by atoms with Crippen molar-refractivity contribution in [2.75, 3.05) is 26.4 Å². The Labute approximate surface area is 99.6 Å². The van der Waals surface area contributed by atoms with E-state index in [1.165, 1.54) is 0 Å². The van der Waals surface area contributed by atoms with Crippen LogP contribution in [0.2, 0.25) is 0 Å². The number of hydrogen-bond donors (Lipinski definition) is 4. The summed E-state index contributed by atoms with van der Waals surface area (Å²) in [7, 11) is 0. The molecule has 0 saturated heterocycles. The van der Waals surface area contributed by atoms with Crippen molar-refractivity contribution in [3.8, 4) is 0 Å². The van der Waals surface area contributed by atoms with Gasteiger partial charge in [-0.2, -0.15) is 0 Å². The molecular formula is C8H22N2O7. The van der Waals surface area contributed by atoms with E-state index in [0.29, 0.717) is 13.2 Å². The van der Waals surface area contributed by atoms with E-state index in [-0.39, 0.29) is 18.7 Å². The molecule has 0 atom stereocenters. The van der Waals surface area contributed by atoms with E-state index in [1.54, 1.807) is 13.8 Å². The smallest absolute Gasteiger partial charge is 0.404 e. The summed E-state index contributed by atoms with van der Waals surface area (Å²) in [5, 5.41) is 15.2. The van der Waals surface area contributed by atoms with Crippen LogP contribution in [0, 0.1) is 0 Å². The molecule has 0 aromatic rings.